The summed E-state index contributed by atoms with van der Waals surface area (Å²) in [5, 5.41) is 3.09. The molecule has 0 heterocycles. The zero-order valence-electron chi connectivity index (χ0n) is 15.4. The van der Waals surface area contributed by atoms with E-state index >= 15 is 0 Å². The normalized spacial score (nSPS) is 11.8. The third-order valence-corrected chi connectivity index (χ3v) is 4.41. The standard InChI is InChI=1S/C24H25NO/c1-19(20-9-5-3-6-10-20)24(21-11-7-4-8-12-21)22-13-15-23(16-14-22)26-18-17-25-2/h3-16,25H,17-18H2,1-2H3/b24-19-. The van der Waals surface area contributed by atoms with Gasteiger partial charge in [0, 0.05) is 6.54 Å². The van der Waals surface area contributed by atoms with Crippen molar-refractivity contribution in [1.29, 1.82) is 0 Å². The molecule has 3 aromatic rings. The highest BCUT2D eigenvalue weighted by atomic mass is 16.5. The molecule has 0 radical (unpaired) electrons. The van der Waals surface area contributed by atoms with Crippen LogP contribution in [0.4, 0.5) is 0 Å². The molecule has 0 amide bonds. The lowest BCUT2D eigenvalue weighted by Crippen LogP contribution is -2.15. The fraction of sp³-hybridized carbons (Fsp3) is 0.167. The van der Waals surface area contributed by atoms with Crippen LogP contribution < -0.4 is 10.1 Å². The van der Waals surface area contributed by atoms with Gasteiger partial charge in [0.15, 0.2) is 0 Å². The zero-order chi connectivity index (χ0) is 18.2. The quantitative estimate of drug-likeness (QED) is 0.466. The van der Waals surface area contributed by atoms with Crippen LogP contribution in [-0.4, -0.2) is 20.2 Å². The molecule has 1 N–H and O–H groups in total. The van der Waals surface area contributed by atoms with Crippen LogP contribution >= 0.6 is 0 Å². The molecule has 0 spiro atoms. The molecule has 0 saturated carbocycles. The largest absolute Gasteiger partial charge is 0.492 e. The Morgan fingerprint density at radius 2 is 1.27 bits per heavy atom. The average molecular weight is 343 g/mol. The van der Waals surface area contributed by atoms with E-state index in [-0.39, 0.29) is 0 Å². The lowest BCUT2D eigenvalue weighted by Gasteiger charge is -2.15. The monoisotopic (exact) mass is 343 g/mol. The molecule has 0 fully saturated rings. The summed E-state index contributed by atoms with van der Waals surface area (Å²) in [5.74, 6) is 0.897. The Morgan fingerprint density at radius 1 is 0.731 bits per heavy atom. The van der Waals surface area contributed by atoms with Crippen LogP contribution in [0.15, 0.2) is 84.9 Å². The molecular formula is C24H25NO. The van der Waals surface area contributed by atoms with E-state index in [1.54, 1.807) is 0 Å². The third-order valence-electron chi connectivity index (χ3n) is 4.41. The van der Waals surface area contributed by atoms with E-state index in [0.717, 1.165) is 12.3 Å². The molecular weight excluding hydrogens is 318 g/mol. The Hall–Kier alpha value is -2.84. The van der Waals surface area contributed by atoms with Gasteiger partial charge < -0.3 is 10.1 Å². The molecule has 0 atom stereocenters. The summed E-state index contributed by atoms with van der Waals surface area (Å²) in [5.41, 5.74) is 6.16. The average Bonchev–Trinajstić information content (AvgIpc) is 2.71. The van der Waals surface area contributed by atoms with E-state index in [2.05, 4.69) is 85.0 Å². The van der Waals surface area contributed by atoms with E-state index in [1.807, 2.05) is 19.2 Å². The summed E-state index contributed by atoms with van der Waals surface area (Å²) in [6.45, 7) is 3.69. The third kappa shape index (κ3) is 4.41. The first-order valence-electron chi connectivity index (χ1n) is 8.99. The molecule has 132 valence electrons. The number of hydrogen-bond acceptors (Lipinski definition) is 2. The molecule has 2 nitrogen and oxygen atoms in total. The molecule has 0 unspecified atom stereocenters. The first kappa shape index (κ1) is 18.0. The summed E-state index contributed by atoms with van der Waals surface area (Å²) in [6.07, 6.45) is 0. The summed E-state index contributed by atoms with van der Waals surface area (Å²) >= 11 is 0. The second-order valence-electron chi connectivity index (χ2n) is 6.21. The minimum absolute atomic E-state index is 0.667. The summed E-state index contributed by atoms with van der Waals surface area (Å²) < 4.78 is 5.75. The molecule has 0 aliphatic heterocycles. The highest BCUT2D eigenvalue weighted by Crippen LogP contribution is 2.32. The van der Waals surface area contributed by atoms with Crippen LogP contribution in [-0.2, 0) is 0 Å². The topological polar surface area (TPSA) is 21.3 Å². The van der Waals surface area contributed by atoms with Gasteiger partial charge in [-0.25, -0.2) is 0 Å². The van der Waals surface area contributed by atoms with Crippen LogP contribution in [0.25, 0.3) is 11.1 Å². The molecule has 26 heavy (non-hydrogen) atoms. The van der Waals surface area contributed by atoms with E-state index in [9.17, 15) is 0 Å². The van der Waals surface area contributed by atoms with Gasteiger partial charge >= 0.3 is 0 Å². The van der Waals surface area contributed by atoms with Crippen molar-refractivity contribution in [3.63, 3.8) is 0 Å². The van der Waals surface area contributed by atoms with Gasteiger partial charge in [-0.2, -0.15) is 0 Å². The molecule has 0 aliphatic rings. The lowest BCUT2D eigenvalue weighted by molar-refractivity contribution is 0.318. The van der Waals surface area contributed by atoms with Crippen LogP contribution in [0.3, 0.4) is 0 Å². The molecule has 3 rings (SSSR count). The van der Waals surface area contributed by atoms with Gasteiger partial charge in [0.2, 0.25) is 0 Å². The Balaban J connectivity index is 1.99. The van der Waals surface area contributed by atoms with Crippen LogP contribution in [0.2, 0.25) is 0 Å². The Bertz CT molecular complexity index is 836. The SMILES string of the molecule is CNCCOc1ccc(/C(=C(/C)c2ccccc2)c2ccccc2)cc1. The lowest BCUT2D eigenvalue weighted by atomic mass is 9.90. The minimum Gasteiger partial charge on any atom is -0.492 e. The van der Waals surface area contributed by atoms with Crippen molar-refractivity contribution in [3.05, 3.63) is 102 Å². The van der Waals surface area contributed by atoms with Gasteiger partial charge in [-0.3, -0.25) is 0 Å². The molecule has 0 saturated heterocycles. The minimum atomic E-state index is 0.667. The number of rotatable bonds is 7. The first-order valence-corrected chi connectivity index (χ1v) is 8.99. The van der Waals surface area contributed by atoms with Gasteiger partial charge in [-0.05, 0) is 53.9 Å². The summed E-state index contributed by atoms with van der Waals surface area (Å²) in [6, 6.07) is 29.5. The zero-order valence-corrected chi connectivity index (χ0v) is 15.4. The number of ether oxygens (including phenoxy) is 1. The number of likely N-dealkylation sites (N-methyl/N-ethyl adjacent to an activating group) is 1. The Morgan fingerprint density at radius 3 is 1.85 bits per heavy atom. The summed E-state index contributed by atoms with van der Waals surface area (Å²) in [4.78, 5) is 0. The van der Waals surface area contributed by atoms with Crippen LogP contribution in [0.1, 0.15) is 23.6 Å². The molecule has 0 aliphatic carbocycles. The molecule has 3 aromatic carbocycles. The van der Waals surface area contributed by atoms with Gasteiger partial charge in [-0.15, -0.1) is 0 Å². The van der Waals surface area contributed by atoms with Crippen molar-refractivity contribution in [2.45, 2.75) is 6.92 Å². The van der Waals surface area contributed by atoms with Crippen molar-refractivity contribution < 1.29 is 4.74 Å². The van der Waals surface area contributed by atoms with E-state index in [1.165, 1.54) is 27.8 Å². The van der Waals surface area contributed by atoms with Crippen LogP contribution in [0.5, 0.6) is 5.75 Å². The molecule has 0 aromatic heterocycles. The molecule has 2 heteroatoms. The van der Waals surface area contributed by atoms with Gasteiger partial charge in [0.1, 0.15) is 12.4 Å². The Labute approximate surface area is 156 Å². The highest BCUT2D eigenvalue weighted by Gasteiger charge is 2.10. The van der Waals surface area contributed by atoms with Gasteiger partial charge in [0.25, 0.3) is 0 Å². The second kappa shape index (κ2) is 9.02. The predicted octanol–water partition coefficient (Wildman–Crippen LogP) is 5.26. The van der Waals surface area contributed by atoms with E-state index in [4.69, 9.17) is 4.74 Å². The molecule has 0 bridgehead atoms. The van der Waals surface area contributed by atoms with Crippen LogP contribution in [0, 0.1) is 0 Å². The Kier molecular flexibility index (Phi) is 6.24. The van der Waals surface area contributed by atoms with Crippen molar-refractivity contribution in [1.82, 2.24) is 5.32 Å². The second-order valence-corrected chi connectivity index (χ2v) is 6.21. The van der Waals surface area contributed by atoms with Gasteiger partial charge in [-0.1, -0.05) is 72.8 Å². The predicted molar refractivity (Wildman–Crippen MR) is 110 cm³/mol. The maximum absolute atomic E-state index is 5.75. The first-order chi connectivity index (χ1) is 12.8. The number of hydrogen-bond donors (Lipinski definition) is 1. The van der Waals surface area contributed by atoms with Crippen molar-refractivity contribution >= 4 is 11.1 Å². The highest BCUT2D eigenvalue weighted by molar-refractivity contribution is 5.97. The van der Waals surface area contributed by atoms with Crippen molar-refractivity contribution in [2.75, 3.05) is 20.2 Å². The smallest absolute Gasteiger partial charge is 0.119 e. The fourth-order valence-corrected chi connectivity index (χ4v) is 3.03. The maximum atomic E-state index is 5.75. The summed E-state index contributed by atoms with van der Waals surface area (Å²) in [7, 11) is 1.93. The fourth-order valence-electron chi connectivity index (χ4n) is 3.03. The van der Waals surface area contributed by atoms with E-state index < -0.39 is 0 Å². The van der Waals surface area contributed by atoms with E-state index in [0.29, 0.717) is 6.61 Å². The van der Waals surface area contributed by atoms with Crippen molar-refractivity contribution in [3.8, 4) is 5.75 Å². The van der Waals surface area contributed by atoms with Gasteiger partial charge in [0.05, 0.1) is 0 Å². The number of allylic oxidation sites excluding steroid dienone is 1. The maximum Gasteiger partial charge on any atom is 0.119 e. The number of nitrogens with one attached hydrogen (secondary N) is 1. The van der Waals surface area contributed by atoms with Crippen molar-refractivity contribution in [2.24, 2.45) is 0 Å². The number of benzene rings is 3.